The second-order valence-corrected chi connectivity index (χ2v) is 19.1. The van der Waals surface area contributed by atoms with Crippen LogP contribution in [0.1, 0.15) is 79.5 Å². The molecule has 3 aromatic rings. The zero-order valence-corrected chi connectivity index (χ0v) is 43.6. The molecule has 0 saturated heterocycles. The Morgan fingerprint density at radius 1 is 0.782 bits per heavy atom. The molecule has 4 rings (SSSR count). The molecule has 0 fully saturated rings. The Kier molecular flexibility index (Phi) is 26.2. The molecule has 0 radical (unpaired) electrons. The number of hydrogen-bond donors (Lipinski definition) is 17. The molecular weight excluding hydrogens is 1030 g/mol. The Labute approximate surface area is 449 Å². The number of carbonyl (C=O) groups excluding carboxylic acids is 7. The van der Waals surface area contributed by atoms with Crippen molar-refractivity contribution < 1.29 is 89.4 Å². The number of nitrogens with two attached hydrogens (primary N) is 1. The number of esters is 1. The fourth-order valence-corrected chi connectivity index (χ4v) is 8.26. The molecule has 1 aromatic heterocycles. The summed E-state index contributed by atoms with van der Waals surface area (Å²) in [5.41, 5.74) is 9.26. The Morgan fingerprint density at radius 3 is 1.97 bits per heavy atom. The number of aliphatic hydroxyl groups excluding tert-OH is 10. The summed E-state index contributed by atoms with van der Waals surface area (Å²) in [4.78, 5) is 103. The summed E-state index contributed by atoms with van der Waals surface area (Å²) in [7, 11) is 2.88. The minimum absolute atomic E-state index is 0.106. The molecule has 2 heterocycles. The number of carbonyl (C=O) groups is 7. The second-order valence-electron chi connectivity index (χ2n) is 19.1. The van der Waals surface area contributed by atoms with Gasteiger partial charge in [-0.3, -0.25) is 33.6 Å². The van der Waals surface area contributed by atoms with Gasteiger partial charge in [0.1, 0.15) is 54.5 Å². The van der Waals surface area contributed by atoms with E-state index in [0.29, 0.717) is 48.3 Å². The van der Waals surface area contributed by atoms with E-state index < -0.39 is 129 Å². The van der Waals surface area contributed by atoms with Gasteiger partial charge in [0.25, 0.3) is 5.91 Å². The highest BCUT2D eigenvalue weighted by Crippen LogP contribution is 2.27. The molecule has 1 aliphatic heterocycles. The van der Waals surface area contributed by atoms with Gasteiger partial charge in [0.05, 0.1) is 62.6 Å². The third-order valence-corrected chi connectivity index (χ3v) is 13.1. The highest BCUT2D eigenvalue weighted by Gasteiger charge is 2.34. The average molecular weight is 1110 g/mol. The third kappa shape index (κ3) is 19.5. The highest BCUT2D eigenvalue weighted by molar-refractivity contribution is 5.96. The largest absolute Gasteiger partial charge is 0.469 e. The van der Waals surface area contributed by atoms with Crippen molar-refractivity contribution >= 4 is 58.1 Å². The number of methoxy groups -OCH3 is 1. The number of nitrogens with one attached hydrogen (secondary N) is 6. The number of imidazole rings is 1. The van der Waals surface area contributed by atoms with Crippen LogP contribution >= 0.6 is 0 Å². The van der Waals surface area contributed by atoms with Gasteiger partial charge in [-0.1, -0.05) is 25.0 Å². The van der Waals surface area contributed by atoms with Gasteiger partial charge in [-0.25, -0.2) is 4.98 Å². The number of anilines is 1. The molecule has 28 heteroatoms. The first-order valence-corrected chi connectivity index (χ1v) is 25.6. The average Bonchev–Trinajstić information content (AvgIpc) is 3.83. The maximum atomic E-state index is 13.9. The number of aliphatic hydroxyl groups is 10. The predicted octanol–water partition coefficient (Wildman–Crippen LogP) is -5.33. The van der Waals surface area contributed by atoms with Crippen LogP contribution in [0.25, 0.3) is 11.0 Å². The first kappa shape index (κ1) is 64.1. The maximum absolute atomic E-state index is 13.9. The quantitative estimate of drug-likeness (QED) is 0.0200. The van der Waals surface area contributed by atoms with E-state index in [1.165, 1.54) is 12.0 Å². The fourth-order valence-electron chi connectivity index (χ4n) is 8.26. The fraction of sp³-hybridized carbons (Fsp3) is 0.600. The summed E-state index contributed by atoms with van der Waals surface area (Å²) in [5, 5.41) is 110. The van der Waals surface area contributed by atoms with E-state index in [2.05, 4.69) is 36.6 Å². The van der Waals surface area contributed by atoms with Crippen molar-refractivity contribution in [3.63, 3.8) is 0 Å². The molecule has 2 aromatic carbocycles. The Morgan fingerprint density at radius 2 is 1.37 bits per heavy atom. The molecule has 0 spiro atoms. The number of aromatic nitrogens is 2. The Hall–Kier alpha value is -6.44. The van der Waals surface area contributed by atoms with E-state index in [4.69, 9.17) is 20.7 Å². The lowest BCUT2D eigenvalue weighted by molar-refractivity contribution is -0.144. The van der Waals surface area contributed by atoms with Crippen LogP contribution < -0.4 is 32.3 Å². The van der Waals surface area contributed by atoms with E-state index in [9.17, 15) is 74.4 Å². The summed E-state index contributed by atoms with van der Waals surface area (Å²) >= 11 is 0. The number of unbranched alkanes of at least 4 members (excludes halogenated alkanes) is 3. The van der Waals surface area contributed by atoms with Crippen molar-refractivity contribution in [2.75, 3.05) is 58.9 Å². The van der Waals surface area contributed by atoms with Gasteiger partial charge in [0.15, 0.2) is 0 Å². The van der Waals surface area contributed by atoms with E-state index in [1.807, 2.05) is 24.3 Å². The molecular formula is C50H76N10O18. The van der Waals surface area contributed by atoms with Crippen molar-refractivity contribution in [1.29, 1.82) is 0 Å². The number of rotatable bonds is 33. The van der Waals surface area contributed by atoms with Crippen LogP contribution in [0.2, 0.25) is 0 Å². The number of amides is 6. The number of hydrogen-bond acceptors (Lipinski definition) is 21. The number of benzene rings is 2. The maximum Gasteiger partial charge on any atom is 0.308 e. The predicted molar refractivity (Wildman–Crippen MR) is 276 cm³/mol. The Balaban J connectivity index is 1.32. The van der Waals surface area contributed by atoms with Crippen molar-refractivity contribution in [3.05, 3.63) is 59.4 Å². The summed E-state index contributed by atoms with van der Waals surface area (Å²) in [6.07, 6.45) is -14.4. The standard InChI is InChI=1S/C50H76N10O18/c1-59(24-39-56-31-9-5-6-10-32(31)57-39)49(76)27-11-13-30-28(19-27)23-60(50(77)34(55-30)20-42(69)78-2)18-8-4-3-7-17-52-48(75)33(14-16-41(68)54-22-36(64)44(71)46(73)38(66)26-62)58-47(74)29(51)12-15-40(67)53-21-35(63)43(70)45(72)37(65)25-61/h5-6,9-11,13,19,29,33-38,43-46,55,61-66,70-73H,3-4,7-8,12,14-18,20-26,51H2,1-2H3,(H,52,75)(H,53,67)(H,54,68)(H,56,57)(H,58,74)/t29-,33-,34?,35-,36+,37+,38-,43+,44-,45-,46+/m0/s1. The number of H-pyrrole nitrogens is 1. The second kappa shape index (κ2) is 31.8. The van der Waals surface area contributed by atoms with Gasteiger partial charge in [-0.05, 0) is 61.6 Å². The van der Waals surface area contributed by atoms with Crippen molar-refractivity contribution in [2.45, 2.75) is 138 Å². The highest BCUT2D eigenvalue weighted by atomic mass is 16.5. The van der Waals surface area contributed by atoms with E-state index in [-0.39, 0.29) is 63.7 Å². The van der Waals surface area contributed by atoms with Gasteiger partial charge < -0.3 is 103 Å². The first-order valence-electron chi connectivity index (χ1n) is 25.6. The van der Waals surface area contributed by atoms with Crippen LogP contribution in [0.4, 0.5) is 5.69 Å². The summed E-state index contributed by atoms with van der Waals surface area (Å²) in [5.74, 6) is -3.71. The molecule has 434 valence electrons. The van der Waals surface area contributed by atoms with Gasteiger partial charge in [0, 0.05) is 63.9 Å². The minimum Gasteiger partial charge on any atom is -0.469 e. The zero-order chi connectivity index (χ0) is 57.6. The van der Waals surface area contributed by atoms with Crippen LogP contribution in [0.3, 0.4) is 0 Å². The summed E-state index contributed by atoms with van der Waals surface area (Å²) < 4.78 is 4.86. The number of ether oxygens (including phenoxy) is 1. The van der Waals surface area contributed by atoms with Crippen molar-refractivity contribution in [3.8, 4) is 0 Å². The number of fused-ring (bicyclic) bond motifs is 2. The molecule has 28 nitrogen and oxygen atoms in total. The molecule has 78 heavy (non-hydrogen) atoms. The summed E-state index contributed by atoms with van der Waals surface area (Å²) in [6.45, 7) is -2.29. The Bertz CT molecular complexity index is 2420. The van der Waals surface area contributed by atoms with Gasteiger partial charge in [0.2, 0.25) is 29.5 Å². The number of aromatic amines is 1. The molecule has 18 N–H and O–H groups in total. The topological polar surface area (TPSA) is 452 Å². The molecule has 11 atom stereocenters. The first-order chi connectivity index (χ1) is 37.1. The third-order valence-electron chi connectivity index (χ3n) is 13.1. The van der Waals surface area contributed by atoms with Crippen LogP contribution in [0, 0.1) is 0 Å². The van der Waals surface area contributed by atoms with Crippen LogP contribution in [0.5, 0.6) is 0 Å². The van der Waals surface area contributed by atoms with Crippen LogP contribution in [-0.2, 0) is 46.6 Å². The molecule has 0 saturated carbocycles. The molecule has 6 amide bonds. The van der Waals surface area contributed by atoms with Gasteiger partial charge >= 0.3 is 5.97 Å². The van der Waals surface area contributed by atoms with E-state index in [0.717, 1.165) is 11.0 Å². The minimum atomic E-state index is -1.96. The molecule has 1 unspecified atom stereocenters. The lowest BCUT2D eigenvalue weighted by Crippen LogP contribution is -2.52. The lowest BCUT2D eigenvalue weighted by Gasteiger charge is -2.26. The smallest absolute Gasteiger partial charge is 0.308 e. The lowest BCUT2D eigenvalue weighted by atomic mass is 10.0. The number of para-hydroxylation sites is 2. The normalized spacial score (nSPS) is 17.3. The van der Waals surface area contributed by atoms with E-state index >= 15 is 0 Å². The molecule has 1 aliphatic rings. The zero-order valence-electron chi connectivity index (χ0n) is 43.6. The van der Waals surface area contributed by atoms with Gasteiger partial charge in [-0.2, -0.15) is 0 Å². The van der Waals surface area contributed by atoms with Crippen molar-refractivity contribution in [2.24, 2.45) is 5.73 Å². The number of nitrogens with zero attached hydrogens (tertiary/aromatic N) is 3. The van der Waals surface area contributed by atoms with Crippen LogP contribution in [0.15, 0.2) is 42.5 Å². The van der Waals surface area contributed by atoms with E-state index in [1.54, 1.807) is 30.1 Å². The SMILES string of the molecule is COC(=O)CC1Nc2ccc(C(=O)N(C)Cc3nc4ccccc4[nH]3)cc2CN(CCCCCCNC(=O)[C@H](CCC(=O)NC[C@@H](O)[C@H](O)[C@H](O)[C@@H](O)CO)NC(=O)[C@@H](N)CCC(=O)NC[C@H](O)[C@@H](O)[C@@H](O)[C@H](O)CO)C1=O. The van der Waals surface area contributed by atoms with Crippen LogP contribution in [-0.4, -0.2) is 233 Å². The monoisotopic (exact) mass is 1100 g/mol. The van der Waals surface area contributed by atoms with Gasteiger partial charge in [-0.15, -0.1) is 0 Å². The molecule has 0 bridgehead atoms. The molecule has 0 aliphatic carbocycles. The summed E-state index contributed by atoms with van der Waals surface area (Å²) in [6, 6.07) is 8.87. The van der Waals surface area contributed by atoms with Crippen molar-refractivity contribution in [1.82, 2.24) is 41.0 Å².